The van der Waals surface area contributed by atoms with Gasteiger partial charge in [-0.2, -0.15) is 13.2 Å². The maximum atomic E-state index is 12.7. The van der Waals surface area contributed by atoms with Crippen molar-refractivity contribution >= 4 is 17.3 Å². The molecule has 0 aliphatic carbocycles. The fraction of sp³-hybridized carbons (Fsp3) is 0.636. The van der Waals surface area contributed by atoms with Gasteiger partial charge in [-0.3, -0.25) is 0 Å². The van der Waals surface area contributed by atoms with E-state index in [2.05, 4.69) is 15.2 Å². The number of nitrogens with one attached hydrogen (secondary N) is 1. The minimum atomic E-state index is -4.72. The van der Waals surface area contributed by atoms with Gasteiger partial charge in [0.2, 0.25) is 0 Å². The second-order valence-electron chi connectivity index (χ2n) is 4.43. The third kappa shape index (κ3) is 3.68. The molecule has 1 aromatic heterocycles. The number of aromatic carboxylic acids is 1. The van der Waals surface area contributed by atoms with E-state index in [0.29, 0.717) is 24.3 Å². The van der Waals surface area contributed by atoms with E-state index in [1.54, 1.807) is 0 Å². The lowest BCUT2D eigenvalue weighted by Gasteiger charge is -2.26. The number of nitrogens with zero attached hydrogens (tertiary/aromatic N) is 2. The van der Waals surface area contributed by atoms with Crippen molar-refractivity contribution in [2.24, 2.45) is 0 Å². The van der Waals surface area contributed by atoms with Crippen LogP contribution in [0, 0.1) is 0 Å². The first-order valence-electron chi connectivity index (χ1n) is 6.11. The Hall–Kier alpha value is -1.19. The van der Waals surface area contributed by atoms with Crippen LogP contribution in [0.25, 0.3) is 0 Å². The molecule has 0 amide bonds. The van der Waals surface area contributed by atoms with Crippen LogP contribution < -0.4 is 5.32 Å². The van der Waals surface area contributed by atoms with E-state index >= 15 is 0 Å². The number of thiazole rings is 1. The van der Waals surface area contributed by atoms with Crippen molar-refractivity contribution in [1.82, 2.24) is 15.2 Å². The van der Waals surface area contributed by atoms with Crippen molar-refractivity contribution in [2.75, 3.05) is 32.7 Å². The number of carboxylic acid groups (broad SMARTS) is 1. The van der Waals surface area contributed by atoms with Crippen molar-refractivity contribution in [1.29, 1.82) is 0 Å². The number of piperazine rings is 1. The lowest BCUT2D eigenvalue weighted by atomic mass is 10.3. The molecule has 1 aliphatic heterocycles. The summed E-state index contributed by atoms with van der Waals surface area (Å²) in [7, 11) is 0. The molecule has 9 heteroatoms. The molecule has 1 fully saturated rings. The molecule has 5 nitrogen and oxygen atoms in total. The maximum absolute atomic E-state index is 12.7. The van der Waals surface area contributed by atoms with E-state index in [1.165, 1.54) is 0 Å². The largest absolute Gasteiger partial charge is 0.477 e. The first-order chi connectivity index (χ1) is 9.38. The second-order valence-corrected chi connectivity index (χ2v) is 5.51. The van der Waals surface area contributed by atoms with Crippen LogP contribution in [0.15, 0.2) is 0 Å². The zero-order valence-corrected chi connectivity index (χ0v) is 11.4. The Bertz CT molecular complexity index is 484. The smallest absolute Gasteiger partial charge is 0.435 e. The van der Waals surface area contributed by atoms with Gasteiger partial charge in [0, 0.05) is 39.1 Å². The molecule has 0 aromatic carbocycles. The summed E-state index contributed by atoms with van der Waals surface area (Å²) in [6.07, 6.45) is -4.39. The summed E-state index contributed by atoms with van der Waals surface area (Å²) in [5, 5.41) is 12.2. The normalized spacial score (nSPS) is 17.4. The van der Waals surface area contributed by atoms with Crippen LogP contribution in [0.1, 0.15) is 20.4 Å². The van der Waals surface area contributed by atoms with E-state index in [4.69, 9.17) is 5.11 Å². The van der Waals surface area contributed by atoms with Crippen molar-refractivity contribution < 1.29 is 23.1 Å². The molecule has 0 bridgehead atoms. The first kappa shape index (κ1) is 15.2. The SMILES string of the molecule is O=C(O)c1sc(CCN2CCNCC2)nc1C(F)(F)F. The fourth-order valence-electron chi connectivity index (χ4n) is 2.00. The lowest BCUT2D eigenvalue weighted by molar-refractivity contribution is -0.141. The standard InChI is InChI=1S/C11H14F3N3O2S/c12-11(13,14)9-8(10(18)19)20-7(16-9)1-4-17-5-2-15-3-6-17/h15H,1-6H2,(H,18,19). The third-order valence-corrected chi connectivity index (χ3v) is 4.09. The molecule has 112 valence electrons. The van der Waals surface area contributed by atoms with Gasteiger partial charge in [0.15, 0.2) is 5.69 Å². The minimum absolute atomic E-state index is 0.216. The Kier molecular flexibility index (Phi) is 4.61. The Morgan fingerprint density at radius 3 is 2.55 bits per heavy atom. The lowest BCUT2D eigenvalue weighted by Crippen LogP contribution is -2.44. The van der Waals surface area contributed by atoms with Crippen molar-refractivity contribution in [3.8, 4) is 0 Å². The second kappa shape index (κ2) is 6.06. The molecule has 2 heterocycles. The summed E-state index contributed by atoms with van der Waals surface area (Å²) in [6.45, 7) is 3.97. The van der Waals surface area contributed by atoms with Crippen LogP contribution in [-0.4, -0.2) is 53.7 Å². The number of aromatic nitrogens is 1. The van der Waals surface area contributed by atoms with Crippen molar-refractivity contribution in [3.05, 3.63) is 15.6 Å². The highest BCUT2D eigenvalue weighted by molar-refractivity contribution is 7.13. The summed E-state index contributed by atoms with van der Waals surface area (Å²) in [4.78, 5) is 15.7. The molecule has 0 spiro atoms. The predicted molar refractivity (Wildman–Crippen MR) is 67.1 cm³/mol. The van der Waals surface area contributed by atoms with E-state index in [-0.39, 0.29) is 5.01 Å². The van der Waals surface area contributed by atoms with E-state index < -0.39 is 22.7 Å². The van der Waals surface area contributed by atoms with Gasteiger partial charge in [-0.25, -0.2) is 9.78 Å². The number of carboxylic acids is 1. The summed E-state index contributed by atoms with van der Waals surface area (Å²) in [5.74, 6) is -1.58. The number of hydrogen-bond acceptors (Lipinski definition) is 5. The molecule has 1 aliphatic rings. The monoisotopic (exact) mass is 309 g/mol. The molecule has 1 saturated heterocycles. The first-order valence-corrected chi connectivity index (χ1v) is 6.93. The highest BCUT2D eigenvalue weighted by Gasteiger charge is 2.39. The molecular formula is C11H14F3N3O2S. The van der Waals surface area contributed by atoms with Gasteiger partial charge in [-0.1, -0.05) is 0 Å². The number of alkyl halides is 3. The van der Waals surface area contributed by atoms with Crippen LogP contribution in [0.4, 0.5) is 13.2 Å². The van der Waals surface area contributed by atoms with Crippen LogP contribution in [0.2, 0.25) is 0 Å². The minimum Gasteiger partial charge on any atom is -0.477 e. The maximum Gasteiger partial charge on any atom is 0.435 e. The van der Waals surface area contributed by atoms with Gasteiger partial charge in [0.1, 0.15) is 4.88 Å². The summed E-state index contributed by atoms with van der Waals surface area (Å²) in [6, 6.07) is 0. The summed E-state index contributed by atoms with van der Waals surface area (Å²) in [5.41, 5.74) is -1.29. The van der Waals surface area contributed by atoms with E-state index in [1.807, 2.05) is 0 Å². The van der Waals surface area contributed by atoms with Crippen LogP contribution in [0.5, 0.6) is 0 Å². The molecule has 0 saturated carbocycles. The van der Waals surface area contributed by atoms with Gasteiger partial charge in [-0.05, 0) is 0 Å². The molecule has 0 radical (unpaired) electrons. The number of hydrogen-bond donors (Lipinski definition) is 2. The van der Waals surface area contributed by atoms with Crippen LogP contribution in [-0.2, 0) is 12.6 Å². The van der Waals surface area contributed by atoms with Crippen LogP contribution >= 0.6 is 11.3 Å². The molecule has 0 atom stereocenters. The van der Waals surface area contributed by atoms with Crippen molar-refractivity contribution in [2.45, 2.75) is 12.6 Å². The Morgan fingerprint density at radius 1 is 1.40 bits per heavy atom. The van der Waals surface area contributed by atoms with Gasteiger partial charge in [0.25, 0.3) is 0 Å². The van der Waals surface area contributed by atoms with E-state index in [0.717, 1.165) is 26.2 Å². The predicted octanol–water partition coefficient (Wildman–Crippen LogP) is 1.31. The average molecular weight is 309 g/mol. The fourth-order valence-corrected chi connectivity index (χ4v) is 2.91. The van der Waals surface area contributed by atoms with Gasteiger partial charge >= 0.3 is 12.1 Å². The van der Waals surface area contributed by atoms with E-state index in [9.17, 15) is 18.0 Å². The quantitative estimate of drug-likeness (QED) is 0.878. The molecular weight excluding hydrogens is 295 g/mol. The van der Waals surface area contributed by atoms with Gasteiger partial charge in [0.05, 0.1) is 5.01 Å². The van der Waals surface area contributed by atoms with Gasteiger partial charge in [-0.15, -0.1) is 11.3 Å². The molecule has 20 heavy (non-hydrogen) atoms. The van der Waals surface area contributed by atoms with Crippen LogP contribution in [0.3, 0.4) is 0 Å². The summed E-state index contributed by atoms with van der Waals surface area (Å²) >= 11 is 0.610. The molecule has 1 aromatic rings. The summed E-state index contributed by atoms with van der Waals surface area (Å²) < 4.78 is 38.0. The number of carbonyl (C=O) groups is 1. The third-order valence-electron chi connectivity index (χ3n) is 2.99. The average Bonchev–Trinajstić information content (AvgIpc) is 2.82. The zero-order valence-electron chi connectivity index (χ0n) is 10.5. The molecule has 2 N–H and O–H groups in total. The molecule has 0 unspecified atom stereocenters. The number of halogens is 3. The highest BCUT2D eigenvalue weighted by atomic mass is 32.1. The molecule has 2 rings (SSSR count). The topological polar surface area (TPSA) is 65.5 Å². The highest BCUT2D eigenvalue weighted by Crippen LogP contribution is 2.34. The Morgan fingerprint density at radius 2 is 2.05 bits per heavy atom. The van der Waals surface area contributed by atoms with Gasteiger partial charge < -0.3 is 15.3 Å². The Labute approximate surface area is 117 Å². The zero-order chi connectivity index (χ0) is 14.8. The number of rotatable bonds is 4. The van der Waals surface area contributed by atoms with Crippen molar-refractivity contribution in [3.63, 3.8) is 0 Å². The Balaban J connectivity index is 2.06.